The average Bonchev–Trinajstić information content (AvgIpc) is 3.15. The second-order valence-corrected chi connectivity index (χ2v) is 5.21. The highest BCUT2D eigenvalue weighted by atomic mass is 32.1. The fraction of sp³-hybridized carbons (Fsp3) is 0.231. The van der Waals surface area contributed by atoms with Crippen molar-refractivity contribution in [3.05, 3.63) is 29.7 Å². The fourth-order valence-corrected chi connectivity index (χ4v) is 2.63. The van der Waals surface area contributed by atoms with E-state index in [-0.39, 0.29) is 35.2 Å². The summed E-state index contributed by atoms with van der Waals surface area (Å²) in [6.45, 7) is 1.98. The Bertz CT molecular complexity index is 846. The lowest BCUT2D eigenvalue weighted by atomic mass is 10.1. The molecule has 126 valence electrons. The van der Waals surface area contributed by atoms with Gasteiger partial charge in [-0.3, -0.25) is 0 Å². The van der Waals surface area contributed by atoms with E-state index in [0.29, 0.717) is 0 Å². The van der Waals surface area contributed by atoms with Gasteiger partial charge in [0.25, 0.3) is 5.88 Å². The molecule has 3 rings (SSSR count). The Kier molecular flexibility index (Phi) is 4.09. The predicted octanol–water partition coefficient (Wildman–Crippen LogP) is 2.79. The standard InChI is InChI=1S/C13H11F3N6OS/c1-2-23-12-11(18-3-4-19-12)22-10(17)8(7-5-20-24-6-7)9(21-22)13(14,15)16/h3-6H,2,17H2,1H3. The van der Waals surface area contributed by atoms with E-state index < -0.39 is 11.9 Å². The Morgan fingerprint density at radius 2 is 2.04 bits per heavy atom. The molecule has 0 spiro atoms. The van der Waals surface area contributed by atoms with Crippen molar-refractivity contribution in [2.45, 2.75) is 13.1 Å². The van der Waals surface area contributed by atoms with Crippen molar-refractivity contribution in [1.29, 1.82) is 0 Å². The Morgan fingerprint density at radius 1 is 1.29 bits per heavy atom. The van der Waals surface area contributed by atoms with Gasteiger partial charge in [-0.1, -0.05) is 0 Å². The molecular weight excluding hydrogens is 345 g/mol. The Balaban J connectivity index is 2.25. The van der Waals surface area contributed by atoms with Crippen LogP contribution in [0.1, 0.15) is 12.6 Å². The summed E-state index contributed by atoms with van der Waals surface area (Å²) < 4.78 is 50.1. The zero-order valence-electron chi connectivity index (χ0n) is 12.3. The number of nitrogens with zero attached hydrogens (tertiary/aromatic N) is 5. The predicted molar refractivity (Wildman–Crippen MR) is 80.8 cm³/mol. The van der Waals surface area contributed by atoms with Gasteiger partial charge < -0.3 is 10.5 Å². The first kappa shape index (κ1) is 16.2. The minimum atomic E-state index is -4.69. The number of nitrogens with two attached hydrogens (primary N) is 1. The lowest BCUT2D eigenvalue weighted by molar-refractivity contribution is -0.140. The number of alkyl halides is 3. The third-order valence-electron chi connectivity index (χ3n) is 3.04. The van der Waals surface area contributed by atoms with Crippen LogP contribution in [-0.4, -0.2) is 30.7 Å². The van der Waals surface area contributed by atoms with Crippen molar-refractivity contribution in [1.82, 2.24) is 24.1 Å². The van der Waals surface area contributed by atoms with E-state index in [2.05, 4.69) is 19.4 Å². The molecule has 0 unspecified atom stereocenters. The van der Waals surface area contributed by atoms with Crippen molar-refractivity contribution in [3.8, 4) is 22.8 Å². The highest BCUT2D eigenvalue weighted by Gasteiger charge is 2.40. The average molecular weight is 356 g/mol. The monoisotopic (exact) mass is 356 g/mol. The molecule has 3 aromatic rings. The number of ether oxygens (including phenoxy) is 1. The van der Waals surface area contributed by atoms with Gasteiger partial charge in [0.05, 0.1) is 12.2 Å². The van der Waals surface area contributed by atoms with Gasteiger partial charge in [0, 0.05) is 29.5 Å². The van der Waals surface area contributed by atoms with Crippen LogP contribution in [0.3, 0.4) is 0 Å². The van der Waals surface area contributed by atoms with Crippen LogP contribution >= 0.6 is 11.5 Å². The van der Waals surface area contributed by atoms with Crippen molar-refractivity contribution in [2.24, 2.45) is 0 Å². The van der Waals surface area contributed by atoms with Crippen LogP contribution in [-0.2, 0) is 6.18 Å². The second-order valence-electron chi connectivity index (χ2n) is 4.55. The van der Waals surface area contributed by atoms with E-state index in [1.807, 2.05) is 0 Å². The van der Waals surface area contributed by atoms with Crippen molar-refractivity contribution in [3.63, 3.8) is 0 Å². The van der Waals surface area contributed by atoms with Gasteiger partial charge in [0.1, 0.15) is 5.82 Å². The number of nitrogen functional groups attached to an aromatic ring is 1. The first-order valence-electron chi connectivity index (χ1n) is 6.73. The van der Waals surface area contributed by atoms with Crippen molar-refractivity contribution >= 4 is 17.4 Å². The number of hydrogen-bond donors (Lipinski definition) is 1. The zero-order valence-corrected chi connectivity index (χ0v) is 13.1. The number of aromatic nitrogens is 5. The van der Waals surface area contributed by atoms with Gasteiger partial charge in [0.2, 0.25) is 5.82 Å². The molecule has 0 radical (unpaired) electrons. The third kappa shape index (κ3) is 2.77. The maximum absolute atomic E-state index is 13.4. The molecule has 0 atom stereocenters. The second kappa shape index (κ2) is 6.07. The Morgan fingerprint density at radius 3 is 2.67 bits per heavy atom. The molecular formula is C13H11F3N6OS. The van der Waals surface area contributed by atoms with Crippen LogP contribution in [0.5, 0.6) is 5.88 Å². The highest BCUT2D eigenvalue weighted by molar-refractivity contribution is 7.03. The van der Waals surface area contributed by atoms with E-state index in [1.54, 1.807) is 6.92 Å². The maximum atomic E-state index is 13.4. The maximum Gasteiger partial charge on any atom is 0.435 e. The van der Waals surface area contributed by atoms with E-state index in [9.17, 15) is 13.2 Å². The van der Waals surface area contributed by atoms with E-state index >= 15 is 0 Å². The molecule has 2 N–H and O–H groups in total. The summed E-state index contributed by atoms with van der Waals surface area (Å²) in [7, 11) is 0. The minimum Gasteiger partial charge on any atom is -0.475 e. The molecule has 0 aliphatic carbocycles. The Hall–Kier alpha value is -2.69. The molecule has 7 nitrogen and oxygen atoms in total. The third-order valence-corrected chi connectivity index (χ3v) is 3.63. The molecule has 0 aliphatic heterocycles. The molecule has 0 fully saturated rings. The van der Waals surface area contributed by atoms with Crippen LogP contribution in [0, 0.1) is 0 Å². The molecule has 24 heavy (non-hydrogen) atoms. The molecule has 0 amide bonds. The van der Waals surface area contributed by atoms with Crippen LogP contribution in [0.2, 0.25) is 0 Å². The molecule has 0 saturated heterocycles. The van der Waals surface area contributed by atoms with Crippen molar-refractivity contribution < 1.29 is 17.9 Å². The molecule has 0 aromatic carbocycles. The quantitative estimate of drug-likeness (QED) is 0.773. The van der Waals surface area contributed by atoms with Gasteiger partial charge in [0.15, 0.2) is 5.69 Å². The molecule has 0 bridgehead atoms. The summed E-state index contributed by atoms with van der Waals surface area (Å²) in [5.41, 5.74) is 4.81. The molecule has 0 saturated carbocycles. The minimum absolute atomic E-state index is 0.0169. The van der Waals surface area contributed by atoms with Gasteiger partial charge in [-0.2, -0.15) is 23.0 Å². The van der Waals surface area contributed by atoms with Gasteiger partial charge in [-0.15, -0.1) is 0 Å². The Labute approximate surface area is 138 Å². The van der Waals surface area contributed by atoms with E-state index in [0.717, 1.165) is 16.2 Å². The van der Waals surface area contributed by atoms with Crippen LogP contribution < -0.4 is 10.5 Å². The molecule has 11 heteroatoms. The van der Waals surface area contributed by atoms with E-state index in [4.69, 9.17) is 10.5 Å². The SMILES string of the molecule is CCOc1nccnc1-n1nc(C(F)(F)F)c(-c2cnsc2)c1N. The summed E-state index contributed by atoms with van der Waals surface area (Å²) in [6, 6.07) is 0. The first-order chi connectivity index (χ1) is 11.4. The molecule has 3 aromatic heterocycles. The largest absolute Gasteiger partial charge is 0.475 e. The number of halogens is 3. The lowest BCUT2D eigenvalue weighted by Gasteiger charge is -2.08. The topological polar surface area (TPSA) is 91.7 Å². The molecule has 0 aliphatic rings. The highest BCUT2D eigenvalue weighted by Crippen LogP contribution is 2.41. The smallest absolute Gasteiger partial charge is 0.435 e. The number of anilines is 1. The number of hydrogen-bond acceptors (Lipinski definition) is 7. The lowest BCUT2D eigenvalue weighted by Crippen LogP contribution is -2.10. The van der Waals surface area contributed by atoms with Crippen LogP contribution in [0.15, 0.2) is 24.0 Å². The fourth-order valence-electron chi connectivity index (χ4n) is 2.11. The normalized spacial score (nSPS) is 11.7. The van der Waals surface area contributed by atoms with Gasteiger partial charge >= 0.3 is 6.18 Å². The summed E-state index contributed by atoms with van der Waals surface area (Å²) in [4.78, 5) is 7.96. The van der Waals surface area contributed by atoms with Crippen molar-refractivity contribution in [2.75, 3.05) is 12.3 Å². The van der Waals surface area contributed by atoms with Gasteiger partial charge in [-0.25, -0.2) is 14.3 Å². The summed E-state index contributed by atoms with van der Waals surface area (Å²) in [5.74, 6) is -0.196. The van der Waals surface area contributed by atoms with Gasteiger partial charge in [-0.05, 0) is 18.5 Å². The summed E-state index contributed by atoms with van der Waals surface area (Å²) >= 11 is 1.02. The summed E-state index contributed by atoms with van der Waals surface area (Å²) in [6.07, 6.45) is -0.705. The first-order valence-corrected chi connectivity index (χ1v) is 7.56. The zero-order chi connectivity index (χ0) is 17.3. The van der Waals surface area contributed by atoms with Crippen LogP contribution in [0.4, 0.5) is 19.0 Å². The number of rotatable bonds is 4. The summed E-state index contributed by atoms with van der Waals surface area (Å²) in [5, 5.41) is 5.08. The van der Waals surface area contributed by atoms with Crippen LogP contribution in [0.25, 0.3) is 16.9 Å². The van der Waals surface area contributed by atoms with E-state index in [1.165, 1.54) is 24.0 Å². The molecule has 3 heterocycles.